The fourth-order valence-electron chi connectivity index (χ4n) is 2.25. The summed E-state index contributed by atoms with van der Waals surface area (Å²) < 4.78 is 6.30. The van der Waals surface area contributed by atoms with Gasteiger partial charge in [-0.05, 0) is 35.4 Å². The Morgan fingerprint density at radius 3 is 2.64 bits per heavy atom. The lowest BCUT2D eigenvalue weighted by atomic mass is 10.2. The molecule has 0 aliphatic carbocycles. The lowest BCUT2D eigenvalue weighted by Gasteiger charge is -2.23. The van der Waals surface area contributed by atoms with E-state index in [-0.39, 0.29) is 0 Å². The van der Waals surface area contributed by atoms with Crippen molar-refractivity contribution in [2.24, 2.45) is 0 Å². The van der Waals surface area contributed by atoms with Crippen molar-refractivity contribution in [3.63, 3.8) is 0 Å². The monoisotopic (exact) mass is 376 g/mol. The SMILES string of the molecule is Clc1ccc(CN(Cc2cccc(Br)c2)c2ccoc2)cn1. The van der Waals surface area contributed by atoms with Crippen LogP contribution in [-0.4, -0.2) is 4.98 Å². The first-order valence-electron chi connectivity index (χ1n) is 6.83. The molecule has 0 radical (unpaired) electrons. The number of furan rings is 1. The number of benzene rings is 1. The minimum Gasteiger partial charge on any atom is -0.470 e. The van der Waals surface area contributed by atoms with Crippen molar-refractivity contribution in [3.8, 4) is 0 Å². The molecule has 1 aromatic carbocycles. The van der Waals surface area contributed by atoms with Gasteiger partial charge in [0.05, 0.1) is 12.0 Å². The van der Waals surface area contributed by atoms with Gasteiger partial charge >= 0.3 is 0 Å². The molecular weight excluding hydrogens is 364 g/mol. The van der Waals surface area contributed by atoms with Crippen LogP contribution in [0.15, 0.2) is 70.1 Å². The molecule has 112 valence electrons. The van der Waals surface area contributed by atoms with Crippen LogP contribution in [0.1, 0.15) is 11.1 Å². The van der Waals surface area contributed by atoms with Gasteiger partial charge in [0, 0.05) is 23.8 Å². The van der Waals surface area contributed by atoms with Crippen LogP contribution in [0.4, 0.5) is 5.69 Å². The number of hydrogen-bond acceptors (Lipinski definition) is 3. The molecule has 0 amide bonds. The molecule has 0 fully saturated rings. The Bertz CT molecular complexity index is 729. The van der Waals surface area contributed by atoms with Crippen molar-refractivity contribution in [3.05, 3.63) is 81.9 Å². The average molecular weight is 378 g/mol. The van der Waals surface area contributed by atoms with E-state index in [4.69, 9.17) is 16.0 Å². The maximum atomic E-state index is 5.85. The fraction of sp³-hybridized carbons (Fsp3) is 0.118. The minimum atomic E-state index is 0.505. The Kier molecular flexibility index (Phi) is 4.80. The number of aromatic nitrogens is 1. The molecule has 0 spiro atoms. The smallest absolute Gasteiger partial charge is 0.129 e. The summed E-state index contributed by atoms with van der Waals surface area (Å²) in [4.78, 5) is 6.37. The number of pyridine rings is 1. The molecule has 5 heteroatoms. The molecule has 3 nitrogen and oxygen atoms in total. The Morgan fingerprint density at radius 1 is 1.09 bits per heavy atom. The molecule has 0 unspecified atom stereocenters. The van der Waals surface area contributed by atoms with E-state index in [2.05, 4.69) is 37.9 Å². The largest absolute Gasteiger partial charge is 0.470 e. The van der Waals surface area contributed by atoms with Crippen molar-refractivity contribution in [1.29, 1.82) is 0 Å². The molecule has 0 N–H and O–H groups in total. The number of nitrogens with zero attached hydrogens (tertiary/aromatic N) is 2. The molecule has 2 heterocycles. The molecule has 0 aliphatic rings. The van der Waals surface area contributed by atoms with Crippen LogP contribution in [-0.2, 0) is 13.1 Å². The summed E-state index contributed by atoms with van der Waals surface area (Å²) in [5.41, 5.74) is 3.35. The lowest BCUT2D eigenvalue weighted by molar-refractivity contribution is 0.565. The van der Waals surface area contributed by atoms with E-state index in [1.807, 2.05) is 30.3 Å². The Labute approximate surface area is 142 Å². The highest BCUT2D eigenvalue weighted by Crippen LogP contribution is 2.22. The minimum absolute atomic E-state index is 0.505. The molecule has 2 aromatic heterocycles. The molecule has 0 saturated heterocycles. The van der Waals surface area contributed by atoms with Gasteiger partial charge in [-0.1, -0.05) is 45.7 Å². The number of halogens is 2. The summed E-state index contributed by atoms with van der Waals surface area (Å²) in [7, 11) is 0. The summed E-state index contributed by atoms with van der Waals surface area (Å²) >= 11 is 9.36. The number of rotatable bonds is 5. The molecule has 0 atom stereocenters. The Balaban J connectivity index is 1.83. The van der Waals surface area contributed by atoms with E-state index in [0.29, 0.717) is 5.15 Å². The van der Waals surface area contributed by atoms with Crippen LogP contribution in [0.3, 0.4) is 0 Å². The Hall–Kier alpha value is -1.78. The van der Waals surface area contributed by atoms with Crippen molar-refractivity contribution in [2.45, 2.75) is 13.1 Å². The Morgan fingerprint density at radius 2 is 1.95 bits per heavy atom. The van der Waals surface area contributed by atoms with Gasteiger partial charge in [-0.15, -0.1) is 0 Å². The van der Waals surface area contributed by atoms with Crippen LogP contribution in [0.25, 0.3) is 0 Å². The van der Waals surface area contributed by atoms with E-state index in [1.54, 1.807) is 18.7 Å². The van der Waals surface area contributed by atoms with Crippen molar-refractivity contribution < 1.29 is 4.42 Å². The second-order valence-electron chi connectivity index (χ2n) is 4.96. The normalized spacial score (nSPS) is 10.6. The van der Waals surface area contributed by atoms with Gasteiger partial charge in [-0.2, -0.15) is 0 Å². The average Bonchev–Trinajstić information content (AvgIpc) is 3.03. The van der Waals surface area contributed by atoms with Crippen LogP contribution in [0, 0.1) is 0 Å². The lowest BCUT2D eigenvalue weighted by Crippen LogP contribution is -2.21. The molecule has 0 aliphatic heterocycles. The van der Waals surface area contributed by atoms with E-state index >= 15 is 0 Å². The topological polar surface area (TPSA) is 29.3 Å². The third-order valence-corrected chi connectivity index (χ3v) is 4.01. The summed E-state index contributed by atoms with van der Waals surface area (Å²) in [5.74, 6) is 0. The zero-order valence-electron chi connectivity index (χ0n) is 11.7. The molecule has 3 aromatic rings. The second-order valence-corrected chi connectivity index (χ2v) is 6.26. The second kappa shape index (κ2) is 6.99. The first-order valence-corrected chi connectivity index (χ1v) is 8.00. The highest BCUT2D eigenvalue weighted by atomic mass is 79.9. The summed E-state index contributed by atoms with van der Waals surface area (Å²) in [6.07, 6.45) is 5.24. The standard InChI is InChI=1S/C17H14BrClN2O/c18-15-3-1-2-13(8-15)10-21(16-6-7-22-12-16)11-14-4-5-17(19)20-9-14/h1-9,12H,10-11H2. The van der Waals surface area contributed by atoms with Crippen molar-refractivity contribution >= 4 is 33.2 Å². The van der Waals surface area contributed by atoms with Gasteiger partial charge in [-0.3, -0.25) is 0 Å². The maximum absolute atomic E-state index is 5.85. The molecule has 0 bridgehead atoms. The third-order valence-electron chi connectivity index (χ3n) is 3.30. The molecule has 0 saturated carbocycles. The third kappa shape index (κ3) is 3.90. The molecule has 22 heavy (non-hydrogen) atoms. The summed E-state index contributed by atoms with van der Waals surface area (Å²) in [6.45, 7) is 1.51. The quantitative estimate of drug-likeness (QED) is 0.565. The van der Waals surface area contributed by atoms with Gasteiger partial charge in [0.1, 0.15) is 11.4 Å². The van der Waals surface area contributed by atoms with Crippen molar-refractivity contribution in [2.75, 3.05) is 4.90 Å². The summed E-state index contributed by atoms with van der Waals surface area (Å²) in [5, 5.41) is 0.505. The van der Waals surface area contributed by atoms with E-state index in [0.717, 1.165) is 28.8 Å². The predicted molar refractivity (Wildman–Crippen MR) is 92.0 cm³/mol. The fourth-order valence-corrected chi connectivity index (χ4v) is 2.81. The van der Waals surface area contributed by atoms with Crippen LogP contribution >= 0.6 is 27.5 Å². The zero-order chi connectivity index (χ0) is 15.4. The number of anilines is 1. The van der Waals surface area contributed by atoms with Crippen LogP contribution < -0.4 is 4.90 Å². The first kappa shape index (κ1) is 15.1. The maximum Gasteiger partial charge on any atom is 0.129 e. The van der Waals surface area contributed by atoms with Crippen LogP contribution in [0.5, 0.6) is 0 Å². The van der Waals surface area contributed by atoms with Gasteiger partial charge in [-0.25, -0.2) is 4.98 Å². The highest BCUT2D eigenvalue weighted by Gasteiger charge is 2.10. The zero-order valence-corrected chi connectivity index (χ0v) is 14.1. The molecular formula is C17H14BrClN2O. The van der Waals surface area contributed by atoms with Crippen LogP contribution in [0.2, 0.25) is 5.15 Å². The molecule has 3 rings (SSSR count). The van der Waals surface area contributed by atoms with E-state index < -0.39 is 0 Å². The first-order chi connectivity index (χ1) is 10.7. The highest BCUT2D eigenvalue weighted by molar-refractivity contribution is 9.10. The van der Waals surface area contributed by atoms with Gasteiger partial charge in [0.2, 0.25) is 0 Å². The van der Waals surface area contributed by atoms with E-state index in [1.165, 1.54) is 5.56 Å². The van der Waals surface area contributed by atoms with Gasteiger partial charge in [0.25, 0.3) is 0 Å². The summed E-state index contributed by atoms with van der Waals surface area (Å²) in [6, 6.07) is 14.0. The van der Waals surface area contributed by atoms with Gasteiger partial charge in [0.15, 0.2) is 0 Å². The van der Waals surface area contributed by atoms with Crippen molar-refractivity contribution in [1.82, 2.24) is 4.98 Å². The predicted octanol–water partition coefficient (Wildman–Crippen LogP) is 5.30. The van der Waals surface area contributed by atoms with Gasteiger partial charge < -0.3 is 9.32 Å². The van der Waals surface area contributed by atoms with E-state index in [9.17, 15) is 0 Å². The number of hydrogen-bond donors (Lipinski definition) is 0.